The van der Waals surface area contributed by atoms with Crippen molar-refractivity contribution in [2.24, 2.45) is 0 Å². The van der Waals surface area contributed by atoms with Gasteiger partial charge in [0.1, 0.15) is 27.8 Å². The average molecular weight is 575 g/mol. The first kappa shape index (κ1) is 22.6. The second kappa shape index (κ2) is 8.26. The lowest BCUT2D eigenvalue weighted by Crippen LogP contribution is -1.93. The molecule has 0 N–H and O–H groups in total. The minimum absolute atomic E-state index is 0.663. The molecule has 5 heterocycles. The molecule has 0 aliphatic carbocycles. The van der Waals surface area contributed by atoms with Gasteiger partial charge in [0, 0.05) is 37.2 Å². The SMILES string of the molecule is c1ccc(-c2nc(-c3cccc4c3oc3ccc5oc6ccccc6c5c34)nc3c2sc2c4ccccc4sc32)cc1. The van der Waals surface area contributed by atoms with E-state index in [-0.39, 0.29) is 0 Å². The molecule has 5 aromatic heterocycles. The number of fused-ring (bicyclic) bond motifs is 12. The lowest BCUT2D eigenvalue weighted by Gasteiger charge is -2.07. The van der Waals surface area contributed by atoms with Crippen LogP contribution in [-0.2, 0) is 0 Å². The Morgan fingerprint density at radius 3 is 2.14 bits per heavy atom. The van der Waals surface area contributed by atoms with Crippen molar-refractivity contribution in [1.29, 1.82) is 0 Å². The van der Waals surface area contributed by atoms with E-state index in [1.807, 2.05) is 36.4 Å². The van der Waals surface area contributed by atoms with Crippen molar-refractivity contribution < 1.29 is 8.83 Å². The number of para-hydroxylation sites is 2. The van der Waals surface area contributed by atoms with Gasteiger partial charge >= 0.3 is 0 Å². The van der Waals surface area contributed by atoms with Gasteiger partial charge in [-0.3, -0.25) is 0 Å². The van der Waals surface area contributed by atoms with Crippen LogP contribution in [0.25, 0.3) is 96.2 Å². The van der Waals surface area contributed by atoms with Crippen LogP contribution in [0.15, 0.2) is 118 Å². The summed E-state index contributed by atoms with van der Waals surface area (Å²) in [6.45, 7) is 0. The summed E-state index contributed by atoms with van der Waals surface area (Å²) in [4.78, 5) is 10.5. The average Bonchev–Trinajstić information content (AvgIpc) is 3.79. The molecule has 0 radical (unpaired) electrons. The van der Waals surface area contributed by atoms with Crippen molar-refractivity contribution in [2.75, 3.05) is 0 Å². The summed E-state index contributed by atoms with van der Waals surface area (Å²) in [7, 11) is 0. The summed E-state index contributed by atoms with van der Waals surface area (Å²) in [5.74, 6) is 0.663. The summed E-state index contributed by atoms with van der Waals surface area (Å²) in [5.41, 5.74) is 7.23. The minimum atomic E-state index is 0.663. The topological polar surface area (TPSA) is 52.1 Å². The molecule has 0 saturated carbocycles. The largest absolute Gasteiger partial charge is 0.456 e. The van der Waals surface area contributed by atoms with E-state index in [9.17, 15) is 0 Å². The van der Waals surface area contributed by atoms with Crippen LogP contribution in [0.2, 0.25) is 0 Å². The number of furan rings is 2. The molecule has 5 aromatic carbocycles. The highest BCUT2D eigenvalue weighted by atomic mass is 32.1. The van der Waals surface area contributed by atoms with Crippen LogP contribution in [0.4, 0.5) is 0 Å². The smallest absolute Gasteiger partial charge is 0.164 e. The fourth-order valence-corrected chi connectivity index (χ4v) is 8.93. The first-order chi connectivity index (χ1) is 20.8. The van der Waals surface area contributed by atoms with E-state index < -0.39 is 0 Å². The normalized spacial score (nSPS) is 12.3. The predicted octanol–water partition coefficient (Wildman–Crippen LogP) is 11.2. The van der Waals surface area contributed by atoms with Gasteiger partial charge in [0.05, 0.1) is 25.4 Å². The lowest BCUT2D eigenvalue weighted by atomic mass is 10.0. The van der Waals surface area contributed by atoms with E-state index in [1.165, 1.54) is 19.5 Å². The molecule has 0 amide bonds. The monoisotopic (exact) mass is 574 g/mol. The van der Waals surface area contributed by atoms with E-state index in [1.54, 1.807) is 22.7 Å². The van der Waals surface area contributed by atoms with Crippen molar-refractivity contribution in [3.05, 3.63) is 109 Å². The van der Waals surface area contributed by atoms with Crippen molar-refractivity contribution >= 4 is 96.3 Å². The highest BCUT2D eigenvalue weighted by Crippen LogP contribution is 2.47. The molecule has 10 aromatic rings. The van der Waals surface area contributed by atoms with E-state index in [2.05, 4.69) is 72.8 Å². The van der Waals surface area contributed by atoms with E-state index in [0.717, 1.165) is 70.9 Å². The summed E-state index contributed by atoms with van der Waals surface area (Å²) in [6.07, 6.45) is 0. The first-order valence-electron chi connectivity index (χ1n) is 13.7. The third-order valence-electron chi connectivity index (χ3n) is 8.12. The molecule has 42 heavy (non-hydrogen) atoms. The Hall–Kier alpha value is -5.04. The van der Waals surface area contributed by atoms with E-state index in [4.69, 9.17) is 18.8 Å². The molecular weight excluding hydrogens is 557 g/mol. The van der Waals surface area contributed by atoms with Crippen LogP contribution in [0.5, 0.6) is 0 Å². The Morgan fingerprint density at radius 1 is 0.500 bits per heavy atom. The Morgan fingerprint density at radius 2 is 1.24 bits per heavy atom. The molecule has 6 heteroatoms. The fourth-order valence-electron chi connectivity index (χ4n) is 6.27. The summed E-state index contributed by atoms with van der Waals surface area (Å²) in [6, 6.07) is 37.5. The number of nitrogens with zero attached hydrogens (tertiary/aromatic N) is 2. The van der Waals surface area contributed by atoms with Gasteiger partial charge in [-0.1, -0.05) is 78.9 Å². The second-order valence-electron chi connectivity index (χ2n) is 10.5. The second-order valence-corrected chi connectivity index (χ2v) is 12.6. The van der Waals surface area contributed by atoms with Crippen LogP contribution in [0.1, 0.15) is 0 Å². The molecule has 0 saturated heterocycles. The zero-order chi connectivity index (χ0) is 27.4. The number of aromatic nitrogens is 2. The van der Waals surface area contributed by atoms with Gasteiger partial charge in [-0.05, 0) is 30.3 Å². The third-order valence-corrected chi connectivity index (χ3v) is 10.7. The van der Waals surface area contributed by atoms with Gasteiger partial charge in [0.2, 0.25) is 0 Å². The van der Waals surface area contributed by atoms with Crippen molar-refractivity contribution in [2.45, 2.75) is 0 Å². The van der Waals surface area contributed by atoms with Crippen LogP contribution >= 0.6 is 22.7 Å². The fraction of sp³-hybridized carbons (Fsp3) is 0. The number of hydrogen-bond acceptors (Lipinski definition) is 6. The van der Waals surface area contributed by atoms with Crippen LogP contribution in [0.3, 0.4) is 0 Å². The molecule has 4 nitrogen and oxygen atoms in total. The summed E-state index contributed by atoms with van der Waals surface area (Å²) in [5, 5.41) is 5.52. The molecular formula is C36H18N2O2S2. The molecule has 0 spiro atoms. The summed E-state index contributed by atoms with van der Waals surface area (Å²) < 4.78 is 17.7. The zero-order valence-corrected chi connectivity index (χ0v) is 23.6. The number of benzene rings is 5. The lowest BCUT2D eigenvalue weighted by molar-refractivity contribution is 0.663. The number of rotatable bonds is 2. The molecule has 0 unspecified atom stereocenters. The predicted molar refractivity (Wildman–Crippen MR) is 176 cm³/mol. The molecule has 0 atom stereocenters. The Labute approximate surface area is 246 Å². The zero-order valence-electron chi connectivity index (χ0n) is 21.9. The van der Waals surface area contributed by atoms with Crippen molar-refractivity contribution in [3.8, 4) is 22.6 Å². The van der Waals surface area contributed by atoms with Crippen LogP contribution in [-0.4, -0.2) is 9.97 Å². The molecule has 10 rings (SSSR count). The molecule has 0 aliphatic rings. The number of hydrogen-bond donors (Lipinski definition) is 0. The van der Waals surface area contributed by atoms with Gasteiger partial charge < -0.3 is 8.83 Å². The third kappa shape index (κ3) is 3.00. The van der Waals surface area contributed by atoms with Crippen LogP contribution < -0.4 is 0 Å². The molecule has 0 aliphatic heterocycles. The highest BCUT2D eigenvalue weighted by molar-refractivity contribution is 7.36. The quantitative estimate of drug-likeness (QED) is 0.206. The molecule has 0 bridgehead atoms. The maximum Gasteiger partial charge on any atom is 0.164 e. The van der Waals surface area contributed by atoms with Crippen LogP contribution in [0, 0.1) is 0 Å². The van der Waals surface area contributed by atoms with Gasteiger partial charge in [-0.15, -0.1) is 22.7 Å². The van der Waals surface area contributed by atoms with Gasteiger partial charge in [0.25, 0.3) is 0 Å². The summed E-state index contributed by atoms with van der Waals surface area (Å²) >= 11 is 3.59. The van der Waals surface area contributed by atoms with Gasteiger partial charge in [-0.25, -0.2) is 9.97 Å². The van der Waals surface area contributed by atoms with E-state index >= 15 is 0 Å². The Balaban J connectivity index is 1.32. The minimum Gasteiger partial charge on any atom is -0.456 e. The highest BCUT2D eigenvalue weighted by Gasteiger charge is 2.23. The molecule has 196 valence electrons. The first-order valence-corrected chi connectivity index (χ1v) is 15.4. The van der Waals surface area contributed by atoms with Gasteiger partial charge in [-0.2, -0.15) is 0 Å². The maximum absolute atomic E-state index is 6.62. The van der Waals surface area contributed by atoms with Crippen molar-refractivity contribution in [1.82, 2.24) is 9.97 Å². The molecule has 0 fully saturated rings. The van der Waals surface area contributed by atoms with Gasteiger partial charge in [0.15, 0.2) is 5.82 Å². The Bertz CT molecular complexity index is 2690. The van der Waals surface area contributed by atoms with Crippen molar-refractivity contribution in [3.63, 3.8) is 0 Å². The maximum atomic E-state index is 6.62. The number of thiophene rings is 2. The Kier molecular flexibility index (Phi) is 4.45. The standard InChI is InChI=1S/C36H18N2O2S2/c1-2-9-19(10-3-1)30-34-31(35-33(42-34)21-12-5-7-16-27(21)41-35)38-36(37-30)23-14-8-13-22-29-26(40-32(22)23)18-17-25-28(29)20-11-4-6-15-24(20)39-25/h1-18H. The van der Waals surface area contributed by atoms with E-state index in [0.29, 0.717) is 5.82 Å².